The van der Waals surface area contributed by atoms with Gasteiger partial charge in [-0.15, -0.1) is 0 Å². The smallest absolute Gasteiger partial charge is 0.358 e. The Bertz CT molecular complexity index is 688. The lowest BCUT2D eigenvalue weighted by molar-refractivity contribution is -0.139. The topological polar surface area (TPSA) is 32.9 Å². The predicted octanol–water partition coefficient (Wildman–Crippen LogP) is 5.06. The zero-order valence-corrected chi connectivity index (χ0v) is 12.6. The summed E-state index contributed by atoms with van der Waals surface area (Å²) in [4.78, 5) is 15.0. The molecule has 0 saturated carbocycles. The van der Waals surface area contributed by atoms with Crippen molar-refractivity contribution >= 4 is 10.9 Å². The van der Waals surface area contributed by atoms with E-state index in [1.807, 2.05) is 0 Å². The van der Waals surface area contributed by atoms with Crippen LogP contribution in [-0.4, -0.2) is 4.98 Å². The van der Waals surface area contributed by atoms with Crippen LogP contribution in [0.2, 0.25) is 0 Å². The maximum absolute atomic E-state index is 13.2. The zero-order chi connectivity index (χ0) is 16.2. The number of hydrogen-bond donors (Lipinski definition) is 1. The minimum atomic E-state index is -4.63. The number of aromatic nitrogens is 1. The second-order valence-corrected chi connectivity index (χ2v) is 5.52. The molecule has 2 nitrogen and oxygen atoms in total. The number of alkyl halides is 3. The summed E-state index contributed by atoms with van der Waals surface area (Å²) in [6.45, 7) is 2.09. The molecule has 0 aliphatic carbocycles. The average molecular weight is 311 g/mol. The van der Waals surface area contributed by atoms with Crippen LogP contribution in [-0.2, 0) is 12.6 Å². The number of nitrogens with one attached hydrogen (secondary N) is 1. The van der Waals surface area contributed by atoms with Gasteiger partial charge in [0.1, 0.15) is 5.56 Å². The summed E-state index contributed by atoms with van der Waals surface area (Å²) in [6, 6.07) is 6.34. The van der Waals surface area contributed by atoms with E-state index < -0.39 is 17.2 Å². The summed E-state index contributed by atoms with van der Waals surface area (Å²) in [5.74, 6) is 0. The first-order chi connectivity index (χ1) is 10.4. The van der Waals surface area contributed by atoms with Crippen molar-refractivity contribution < 1.29 is 13.2 Å². The molecule has 1 heterocycles. The Morgan fingerprint density at radius 2 is 1.73 bits per heavy atom. The summed E-state index contributed by atoms with van der Waals surface area (Å²) in [5, 5.41) is 0.0876. The minimum Gasteiger partial charge on any atom is -0.358 e. The van der Waals surface area contributed by atoms with E-state index in [4.69, 9.17) is 0 Å². The molecule has 2 rings (SSSR count). The van der Waals surface area contributed by atoms with Gasteiger partial charge in [-0.25, -0.2) is 0 Å². The number of H-pyrrole nitrogens is 1. The summed E-state index contributed by atoms with van der Waals surface area (Å²) >= 11 is 0. The molecule has 0 fully saturated rings. The molecule has 1 N–H and O–H groups in total. The normalized spacial score (nSPS) is 12.0. The fourth-order valence-electron chi connectivity index (χ4n) is 2.68. The van der Waals surface area contributed by atoms with Crippen LogP contribution in [0.15, 0.2) is 29.1 Å². The first-order valence-corrected chi connectivity index (χ1v) is 7.66. The van der Waals surface area contributed by atoms with Gasteiger partial charge in [0.15, 0.2) is 0 Å². The predicted molar refractivity (Wildman–Crippen MR) is 82.0 cm³/mol. The minimum absolute atomic E-state index is 0.00713. The Labute approximate surface area is 127 Å². The van der Waals surface area contributed by atoms with Gasteiger partial charge in [0.2, 0.25) is 5.43 Å². The maximum atomic E-state index is 13.2. The highest BCUT2D eigenvalue weighted by Crippen LogP contribution is 2.30. The molecule has 0 radical (unpaired) electrons. The summed E-state index contributed by atoms with van der Waals surface area (Å²) in [5.41, 5.74) is -1.50. The van der Waals surface area contributed by atoms with Gasteiger partial charge in [-0.05, 0) is 25.0 Å². The molecule has 0 aliphatic heterocycles. The van der Waals surface area contributed by atoms with E-state index >= 15 is 0 Å². The number of pyridine rings is 1. The van der Waals surface area contributed by atoms with Crippen LogP contribution in [0.1, 0.15) is 50.3 Å². The van der Waals surface area contributed by atoms with Gasteiger partial charge in [0.25, 0.3) is 0 Å². The Morgan fingerprint density at radius 1 is 1.05 bits per heavy atom. The van der Waals surface area contributed by atoms with Crippen LogP contribution < -0.4 is 5.43 Å². The highest BCUT2D eigenvalue weighted by atomic mass is 19.4. The Kier molecular flexibility index (Phi) is 5.27. The maximum Gasteiger partial charge on any atom is 0.421 e. The molecule has 22 heavy (non-hydrogen) atoms. The third-order valence-electron chi connectivity index (χ3n) is 3.80. The molecule has 0 unspecified atom stereocenters. The SMILES string of the molecule is CCCCCCCc1[nH]c2ccccc2c(=O)c1C(F)(F)F. The molecule has 2 aromatic rings. The van der Waals surface area contributed by atoms with Crippen LogP contribution in [0.5, 0.6) is 0 Å². The van der Waals surface area contributed by atoms with E-state index in [-0.39, 0.29) is 17.5 Å². The molecule has 0 aliphatic rings. The summed E-state index contributed by atoms with van der Waals surface area (Å²) < 4.78 is 39.7. The van der Waals surface area contributed by atoms with Crippen LogP contribution in [0.25, 0.3) is 10.9 Å². The lowest BCUT2D eigenvalue weighted by Gasteiger charge is -2.14. The lowest BCUT2D eigenvalue weighted by Crippen LogP contribution is -2.23. The number of unbranched alkanes of at least 4 members (excludes halogenated alkanes) is 4. The first-order valence-electron chi connectivity index (χ1n) is 7.66. The highest BCUT2D eigenvalue weighted by molar-refractivity contribution is 5.79. The Balaban J connectivity index is 2.36. The van der Waals surface area contributed by atoms with Crippen molar-refractivity contribution in [3.05, 3.63) is 45.7 Å². The van der Waals surface area contributed by atoms with E-state index in [0.29, 0.717) is 11.9 Å². The van der Waals surface area contributed by atoms with Crippen molar-refractivity contribution in [1.82, 2.24) is 4.98 Å². The van der Waals surface area contributed by atoms with Gasteiger partial charge in [-0.3, -0.25) is 4.79 Å². The van der Waals surface area contributed by atoms with Gasteiger partial charge in [-0.2, -0.15) is 13.2 Å². The molecule has 120 valence electrons. The molecule has 1 aromatic carbocycles. The van der Waals surface area contributed by atoms with Gasteiger partial charge in [0.05, 0.1) is 0 Å². The third-order valence-corrected chi connectivity index (χ3v) is 3.80. The molecule has 0 spiro atoms. The van der Waals surface area contributed by atoms with Crippen molar-refractivity contribution in [3.63, 3.8) is 0 Å². The van der Waals surface area contributed by atoms with Crippen molar-refractivity contribution in [1.29, 1.82) is 0 Å². The van der Waals surface area contributed by atoms with Crippen LogP contribution in [0.4, 0.5) is 13.2 Å². The molecule has 0 saturated heterocycles. The van der Waals surface area contributed by atoms with E-state index in [1.165, 1.54) is 6.07 Å². The van der Waals surface area contributed by atoms with E-state index in [0.717, 1.165) is 25.7 Å². The zero-order valence-electron chi connectivity index (χ0n) is 12.6. The van der Waals surface area contributed by atoms with Crippen molar-refractivity contribution in [2.24, 2.45) is 0 Å². The standard InChI is InChI=1S/C17H20F3NO/c1-2-3-4-5-6-11-14-15(17(18,19)20)16(22)12-9-7-8-10-13(12)21-14/h7-10H,2-6,11H2,1H3,(H,21,22). The lowest BCUT2D eigenvalue weighted by atomic mass is 10.0. The van der Waals surface area contributed by atoms with Gasteiger partial charge < -0.3 is 4.98 Å². The van der Waals surface area contributed by atoms with E-state index in [2.05, 4.69) is 11.9 Å². The fourth-order valence-corrected chi connectivity index (χ4v) is 2.68. The van der Waals surface area contributed by atoms with Crippen molar-refractivity contribution in [2.45, 2.75) is 51.6 Å². The van der Waals surface area contributed by atoms with Gasteiger partial charge >= 0.3 is 6.18 Å². The number of aromatic amines is 1. The number of halogens is 3. The second-order valence-electron chi connectivity index (χ2n) is 5.52. The van der Waals surface area contributed by atoms with Crippen LogP contribution in [0, 0.1) is 0 Å². The first kappa shape index (κ1) is 16.6. The number of fused-ring (bicyclic) bond motifs is 1. The molecule has 1 aromatic heterocycles. The quantitative estimate of drug-likeness (QED) is 0.743. The Morgan fingerprint density at radius 3 is 2.41 bits per heavy atom. The monoisotopic (exact) mass is 311 g/mol. The molecule has 0 atom stereocenters. The van der Waals surface area contributed by atoms with Gasteiger partial charge in [-0.1, -0.05) is 44.7 Å². The number of para-hydroxylation sites is 1. The summed E-state index contributed by atoms with van der Waals surface area (Å²) in [7, 11) is 0. The Hall–Kier alpha value is -1.78. The van der Waals surface area contributed by atoms with Crippen LogP contribution in [0.3, 0.4) is 0 Å². The van der Waals surface area contributed by atoms with E-state index in [9.17, 15) is 18.0 Å². The summed E-state index contributed by atoms with van der Waals surface area (Å²) in [6.07, 6.45) is 0.322. The van der Waals surface area contributed by atoms with Crippen molar-refractivity contribution in [3.8, 4) is 0 Å². The number of benzene rings is 1. The highest BCUT2D eigenvalue weighted by Gasteiger charge is 2.37. The molecule has 0 bridgehead atoms. The fraction of sp³-hybridized carbons (Fsp3) is 0.471. The molecule has 5 heteroatoms. The molecule has 0 amide bonds. The largest absolute Gasteiger partial charge is 0.421 e. The molecular formula is C17H20F3NO. The number of rotatable bonds is 6. The van der Waals surface area contributed by atoms with Crippen LogP contribution >= 0.6 is 0 Å². The van der Waals surface area contributed by atoms with Crippen molar-refractivity contribution in [2.75, 3.05) is 0 Å². The third kappa shape index (κ3) is 3.70. The number of hydrogen-bond acceptors (Lipinski definition) is 1. The van der Waals surface area contributed by atoms with Gasteiger partial charge in [0, 0.05) is 16.6 Å². The van der Waals surface area contributed by atoms with E-state index in [1.54, 1.807) is 18.2 Å². The second kappa shape index (κ2) is 6.99. The molecular weight excluding hydrogens is 291 g/mol. The number of aryl methyl sites for hydroxylation is 1. The average Bonchev–Trinajstić information content (AvgIpc) is 2.46.